The van der Waals surface area contributed by atoms with E-state index in [1.165, 1.54) is 22.3 Å². The lowest BCUT2D eigenvalue weighted by Gasteiger charge is -2.38. The third-order valence-electron chi connectivity index (χ3n) is 9.20. The number of nitrogens with zero attached hydrogens (tertiary/aromatic N) is 3. The molecule has 1 aromatic heterocycles. The normalized spacial score (nSPS) is 17.2. The molecule has 0 spiro atoms. The summed E-state index contributed by atoms with van der Waals surface area (Å²) in [6, 6.07) is 26.0. The highest BCUT2D eigenvalue weighted by Crippen LogP contribution is 2.45. The third-order valence-corrected chi connectivity index (χ3v) is 10.1. The lowest BCUT2D eigenvalue weighted by Crippen LogP contribution is -2.37. The van der Waals surface area contributed by atoms with Crippen LogP contribution in [0.5, 0.6) is 0 Å². The number of fused-ring (bicyclic) bond motifs is 1. The molecule has 1 atom stereocenters. The van der Waals surface area contributed by atoms with Crippen LogP contribution < -0.4 is 0 Å². The van der Waals surface area contributed by atoms with Crippen LogP contribution in [0.15, 0.2) is 78.9 Å². The molecule has 5 aromatic rings. The van der Waals surface area contributed by atoms with Crippen LogP contribution in [0.3, 0.4) is 0 Å². The molecule has 0 amide bonds. The van der Waals surface area contributed by atoms with Gasteiger partial charge in [0.25, 0.3) is 0 Å². The molecule has 4 aromatic carbocycles. The van der Waals surface area contributed by atoms with Gasteiger partial charge in [0.1, 0.15) is 5.82 Å². The summed E-state index contributed by atoms with van der Waals surface area (Å²) >= 11 is 19.1. The van der Waals surface area contributed by atoms with E-state index >= 15 is 0 Å². The van der Waals surface area contributed by atoms with Gasteiger partial charge in [0.05, 0.1) is 27.8 Å². The van der Waals surface area contributed by atoms with E-state index in [0.29, 0.717) is 17.5 Å². The zero-order valence-electron chi connectivity index (χ0n) is 24.9. The molecule has 5 nitrogen and oxygen atoms in total. The minimum Gasteiger partial charge on any atom is -0.478 e. The molecule has 8 heteroatoms. The standard InChI is InChI=1S/C37H34Cl3N3O2/c38-28-14-7-23(8-15-28)20-26-13-18-32-35(31(26)21-24-9-16-29(39)17-10-24)41-36(25-11-12-25)43(32)33-6-1-2-19-42(33)22-27-4-3-5-30(34(27)40)37(44)45/h3-5,7-10,13-18,25,33H,1-2,6,11-12,19-22H2,(H,44,45). The number of carbonyl (C=O) groups is 1. The smallest absolute Gasteiger partial charge is 0.337 e. The van der Waals surface area contributed by atoms with Crippen molar-refractivity contribution in [1.82, 2.24) is 14.5 Å². The monoisotopic (exact) mass is 657 g/mol. The second-order valence-corrected chi connectivity index (χ2v) is 13.6. The number of aromatic carboxylic acids is 1. The highest BCUT2D eigenvalue weighted by molar-refractivity contribution is 6.34. The molecule has 1 saturated heterocycles. The van der Waals surface area contributed by atoms with Crippen molar-refractivity contribution in [2.75, 3.05) is 6.54 Å². The van der Waals surface area contributed by atoms with Crippen LogP contribution in [0, 0.1) is 0 Å². The molecule has 1 unspecified atom stereocenters. The van der Waals surface area contributed by atoms with Gasteiger partial charge in [0, 0.05) is 29.1 Å². The van der Waals surface area contributed by atoms with E-state index in [2.05, 4.69) is 45.9 Å². The SMILES string of the molecule is O=C(O)c1cccc(CN2CCCCC2n2c(C3CC3)nc3c(Cc4ccc(Cl)cc4)c(Cc4ccc(Cl)cc4)ccc32)c1Cl. The first-order valence-electron chi connectivity index (χ1n) is 15.6. The Balaban J connectivity index is 1.33. The van der Waals surface area contributed by atoms with E-state index in [-0.39, 0.29) is 11.7 Å². The van der Waals surface area contributed by atoms with Crippen LogP contribution in [0.1, 0.15) is 88.2 Å². The number of carboxylic acid groups (broad SMARTS) is 1. The van der Waals surface area contributed by atoms with Crippen LogP contribution in [-0.4, -0.2) is 32.1 Å². The summed E-state index contributed by atoms with van der Waals surface area (Å²) in [5, 5.41) is 11.5. The molecule has 0 bridgehead atoms. The summed E-state index contributed by atoms with van der Waals surface area (Å²) in [6.45, 7) is 1.50. The second-order valence-electron chi connectivity index (χ2n) is 12.3. The minimum absolute atomic E-state index is 0.106. The number of piperidine rings is 1. The molecule has 1 aliphatic heterocycles. The molecule has 0 radical (unpaired) electrons. The highest BCUT2D eigenvalue weighted by Gasteiger charge is 2.35. The van der Waals surface area contributed by atoms with Crippen LogP contribution >= 0.6 is 34.8 Å². The molecule has 45 heavy (non-hydrogen) atoms. The van der Waals surface area contributed by atoms with Gasteiger partial charge in [-0.05, 0) is 109 Å². The van der Waals surface area contributed by atoms with Gasteiger partial charge in [0.15, 0.2) is 0 Å². The quantitative estimate of drug-likeness (QED) is 0.171. The Bertz CT molecular complexity index is 1860. The molecule has 1 aliphatic carbocycles. The fourth-order valence-corrected chi connectivity index (χ4v) is 7.27. The van der Waals surface area contributed by atoms with Gasteiger partial charge in [-0.2, -0.15) is 0 Å². The van der Waals surface area contributed by atoms with Crippen molar-refractivity contribution >= 4 is 51.8 Å². The number of imidazole rings is 1. The largest absolute Gasteiger partial charge is 0.478 e. The van der Waals surface area contributed by atoms with E-state index in [4.69, 9.17) is 39.8 Å². The number of halogens is 3. The number of hydrogen-bond acceptors (Lipinski definition) is 3. The van der Waals surface area contributed by atoms with Gasteiger partial charge in [-0.1, -0.05) is 77.3 Å². The Hall–Kier alpha value is -3.35. The molecule has 2 fully saturated rings. The zero-order chi connectivity index (χ0) is 31.1. The third kappa shape index (κ3) is 6.37. The van der Waals surface area contributed by atoms with Crippen LogP contribution in [-0.2, 0) is 19.4 Å². The summed E-state index contributed by atoms with van der Waals surface area (Å²) in [6.07, 6.45) is 7.15. The molecule has 2 aliphatic rings. The molecule has 7 rings (SSSR count). The summed E-state index contributed by atoms with van der Waals surface area (Å²) in [7, 11) is 0. The zero-order valence-corrected chi connectivity index (χ0v) is 27.1. The van der Waals surface area contributed by atoms with E-state index in [0.717, 1.165) is 84.0 Å². The van der Waals surface area contributed by atoms with Crippen molar-refractivity contribution in [3.63, 3.8) is 0 Å². The molecule has 1 saturated carbocycles. The number of likely N-dealkylation sites (tertiary alicyclic amines) is 1. The Morgan fingerprint density at radius 2 is 1.49 bits per heavy atom. The fourth-order valence-electron chi connectivity index (χ4n) is 6.75. The number of hydrogen-bond donors (Lipinski definition) is 1. The summed E-state index contributed by atoms with van der Waals surface area (Å²) in [4.78, 5) is 19.7. The van der Waals surface area contributed by atoms with E-state index in [9.17, 15) is 9.90 Å². The van der Waals surface area contributed by atoms with Gasteiger partial charge in [-0.15, -0.1) is 0 Å². The van der Waals surface area contributed by atoms with Crippen molar-refractivity contribution in [3.8, 4) is 0 Å². The van der Waals surface area contributed by atoms with Gasteiger partial charge < -0.3 is 9.67 Å². The molecular formula is C37H34Cl3N3O2. The van der Waals surface area contributed by atoms with Gasteiger partial charge in [-0.3, -0.25) is 4.90 Å². The average molecular weight is 659 g/mol. The van der Waals surface area contributed by atoms with Crippen molar-refractivity contribution in [2.24, 2.45) is 0 Å². The first-order valence-corrected chi connectivity index (χ1v) is 16.8. The predicted molar refractivity (Wildman–Crippen MR) is 182 cm³/mol. The number of aromatic nitrogens is 2. The average Bonchev–Trinajstić information content (AvgIpc) is 3.81. The van der Waals surface area contributed by atoms with E-state index in [1.807, 2.05) is 30.3 Å². The van der Waals surface area contributed by atoms with E-state index < -0.39 is 5.97 Å². The summed E-state index contributed by atoms with van der Waals surface area (Å²) in [5.41, 5.74) is 8.10. The maximum Gasteiger partial charge on any atom is 0.337 e. The van der Waals surface area contributed by atoms with Crippen LogP contribution in [0.2, 0.25) is 15.1 Å². The Labute approximate surface area is 278 Å². The maximum absolute atomic E-state index is 11.8. The number of carboxylic acids is 1. The van der Waals surface area contributed by atoms with Gasteiger partial charge in [0.2, 0.25) is 0 Å². The van der Waals surface area contributed by atoms with Crippen molar-refractivity contribution in [1.29, 1.82) is 0 Å². The molecule has 1 N–H and O–H groups in total. The minimum atomic E-state index is -1.00. The van der Waals surface area contributed by atoms with E-state index in [1.54, 1.807) is 12.1 Å². The van der Waals surface area contributed by atoms with Crippen LogP contribution in [0.25, 0.3) is 11.0 Å². The number of benzene rings is 4. The second kappa shape index (κ2) is 12.8. The van der Waals surface area contributed by atoms with Crippen LogP contribution in [0.4, 0.5) is 0 Å². The fraction of sp³-hybridized carbons (Fsp3) is 0.297. The van der Waals surface area contributed by atoms with Crippen molar-refractivity contribution < 1.29 is 9.90 Å². The Kier molecular flexibility index (Phi) is 8.62. The molecule has 230 valence electrons. The van der Waals surface area contributed by atoms with Crippen molar-refractivity contribution in [2.45, 2.75) is 63.6 Å². The number of rotatable bonds is 9. The highest BCUT2D eigenvalue weighted by atomic mass is 35.5. The van der Waals surface area contributed by atoms with Gasteiger partial charge in [-0.25, -0.2) is 9.78 Å². The lowest BCUT2D eigenvalue weighted by atomic mass is 9.94. The first kappa shape index (κ1) is 30.3. The molecular weight excluding hydrogens is 625 g/mol. The summed E-state index contributed by atoms with van der Waals surface area (Å²) < 4.78 is 2.50. The Morgan fingerprint density at radius 3 is 2.16 bits per heavy atom. The Morgan fingerprint density at radius 1 is 0.800 bits per heavy atom. The lowest BCUT2D eigenvalue weighted by molar-refractivity contribution is 0.0696. The summed E-state index contributed by atoms with van der Waals surface area (Å²) in [5.74, 6) is 0.604. The van der Waals surface area contributed by atoms with Gasteiger partial charge >= 0.3 is 5.97 Å². The van der Waals surface area contributed by atoms with Crippen molar-refractivity contribution in [3.05, 3.63) is 133 Å². The molecule has 2 heterocycles. The maximum atomic E-state index is 11.8. The predicted octanol–water partition coefficient (Wildman–Crippen LogP) is 9.94. The first-order chi connectivity index (χ1) is 21.9. The topological polar surface area (TPSA) is 58.4 Å².